The summed E-state index contributed by atoms with van der Waals surface area (Å²) in [6, 6.07) is 5.42. The van der Waals surface area contributed by atoms with Crippen LogP contribution >= 0.6 is 0 Å². The Kier molecular flexibility index (Phi) is 7.05. The molecule has 1 aromatic carbocycles. The second kappa shape index (κ2) is 8.77. The lowest BCUT2D eigenvalue weighted by Crippen LogP contribution is -2.50. The monoisotopic (exact) mass is 322 g/mol. The van der Waals surface area contributed by atoms with Gasteiger partial charge in [0.1, 0.15) is 0 Å². The lowest BCUT2D eigenvalue weighted by Gasteiger charge is -2.27. The zero-order chi connectivity index (χ0) is 17.4. The third-order valence-electron chi connectivity index (χ3n) is 3.04. The molecular formula is C16H22N2O5. The van der Waals surface area contributed by atoms with Gasteiger partial charge >= 0.3 is 11.9 Å². The number of amides is 1. The Hall–Kier alpha value is -2.57. The fourth-order valence-electron chi connectivity index (χ4n) is 2.07. The molecule has 0 aliphatic heterocycles. The molecule has 0 radical (unpaired) electrons. The van der Waals surface area contributed by atoms with Gasteiger partial charge in [-0.25, -0.2) is 9.59 Å². The SMILES string of the molecule is CCOC(=O)C(C(=O)OCC)N(Cc1cccc(N)c1)C(C)=O. The average molecular weight is 322 g/mol. The van der Waals surface area contributed by atoms with E-state index in [-0.39, 0.29) is 19.8 Å². The van der Waals surface area contributed by atoms with Crippen molar-refractivity contribution in [2.24, 2.45) is 0 Å². The second-order valence-corrected chi connectivity index (χ2v) is 4.80. The predicted molar refractivity (Wildman–Crippen MR) is 84.1 cm³/mol. The van der Waals surface area contributed by atoms with Crippen molar-refractivity contribution in [3.05, 3.63) is 29.8 Å². The summed E-state index contributed by atoms with van der Waals surface area (Å²) in [4.78, 5) is 37.3. The first-order valence-corrected chi connectivity index (χ1v) is 7.35. The first-order chi connectivity index (χ1) is 10.9. The van der Waals surface area contributed by atoms with E-state index in [9.17, 15) is 14.4 Å². The molecule has 1 rings (SSSR count). The third kappa shape index (κ3) is 5.28. The van der Waals surface area contributed by atoms with E-state index < -0.39 is 23.9 Å². The number of hydrogen-bond acceptors (Lipinski definition) is 6. The van der Waals surface area contributed by atoms with Crippen molar-refractivity contribution in [1.29, 1.82) is 0 Å². The zero-order valence-electron chi connectivity index (χ0n) is 13.6. The quantitative estimate of drug-likeness (QED) is 0.459. The molecule has 0 heterocycles. The Bertz CT molecular complexity index is 555. The number of esters is 2. The number of nitrogens with two attached hydrogens (primary N) is 1. The van der Waals surface area contributed by atoms with Crippen LogP contribution < -0.4 is 5.73 Å². The molecule has 0 saturated heterocycles. The summed E-state index contributed by atoms with van der Waals surface area (Å²) in [5.74, 6) is -2.08. The molecule has 0 aromatic heterocycles. The lowest BCUT2D eigenvalue weighted by molar-refractivity contribution is -0.167. The van der Waals surface area contributed by atoms with Crippen LogP contribution in [0.1, 0.15) is 26.3 Å². The zero-order valence-corrected chi connectivity index (χ0v) is 13.6. The number of benzene rings is 1. The van der Waals surface area contributed by atoms with Crippen LogP contribution in [0, 0.1) is 0 Å². The lowest BCUT2D eigenvalue weighted by atomic mass is 10.1. The fraction of sp³-hybridized carbons (Fsp3) is 0.438. The second-order valence-electron chi connectivity index (χ2n) is 4.80. The smallest absolute Gasteiger partial charge is 0.340 e. The Morgan fingerprint density at radius 1 is 1.13 bits per heavy atom. The molecule has 0 atom stereocenters. The highest BCUT2D eigenvalue weighted by molar-refractivity contribution is 6.02. The molecule has 0 unspecified atom stereocenters. The van der Waals surface area contributed by atoms with E-state index in [0.29, 0.717) is 11.3 Å². The molecule has 7 nitrogen and oxygen atoms in total. The van der Waals surface area contributed by atoms with Crippen molar-refractivity contribution in [3.8, 4) is 0 Å². The first kappa shape index (κ1) is 18.5. The van der Waals surface area contributed by atoms with Gasteiger partial charge in [0, 0.05) is 19.2 Å². The Balaban J connectivity index is 3.11. The first-order valence-electron chi connectivity index (χ1n) is 7.35. The molecule has 1 aromatic rings. The molecular weight excluding hydrogens is 300 g/mol. The van der Waals surface area contributed by atoms with Gasteiger partial charge in [-0.3, -0.25) is 4.79 Å². The number of hydrogen-bond donors (Lipinski definition) is 1. The van der Waals surface area contributed by atoms with Gasteiger partial charge in [0.2, 0.25) is 11.9 Å². The van der Waals surface area contributed by atoms with E-state index >= 15 is 0 Å². The van der Waals surface area contributed by atoms with Gasteiger partial charge < -0.3 is 20.1 Å². The van der Waals surface area contributed by atoms with Crippen LogP contribution in [-0.4, -0.2) is 42.0 Å². The number of carbonyl (C=O) groups excluding carboxylic acids is 3. The molecule has 126 valence electrons. The maximum atomic E-state index is 12.1. The number of anilines is 1. The summed E-state index contributed by atoms with van der Waals surface area (Å²) in [6.07, 6.45) is 0. The van der Waals surface area contributed by atoms with Crippen molar-refractivity contribution >= 4 is 23.5 Å². The molecule has 0 spiro atoms. The van der Waals surface area contributed by atoms with Crippen LogP contribution in [0.25, 0.3) is 0 Å². The van der Waals surface area contributed by atoms with Crippen LogP contribution in [0.5, 0.6) is 0 Å². The summed E-state index contributed by atoms with van der Waals surface area (Å²) in [5.41, 5.74) is 6.93. The van der Waals surface area contributed by atoms with E-state index in [1.165, 1.54) is 6.92 Å². The van der Waals surface area contributed by atoms with Crippen LogP contribution in [-0.2, 0) is 30.4 Å². The number of carbonyl (C=O) groups is 3. The standard InChI is InChI=1S/C16H22N2O5/c1-4-22-15(20)14(16(21)23-5-2)18(11(3)19)10-12-7-6-8-13(17)9-12/h6-9,14H,4-5,10,17H2,1-3H3. The molecule has 0 bridgehead atoms. The van der Waals surface area contributed by atoms with Gasteiger partial charge in [-0.2, -0.15) is 0 Å². The third-order valence-corrected chi connectivity index (χ3v) is 3.04. The van der Waals surface area contributed by atoms with Crippen LogP contribution in [0.2, 0.25) is 0 Å². The molecule has 1 amide bonds. The summed E-state index contributed by atoms with van der Waals surface area (Å²) in [7, 11) is 0. The Morgan fingerprint density at radius 3 is 2.13 bits per heavy atom. The largest absolute Gasteiger partial charge is 0.464 e. The van der Waals surface area contributed by atoms with Crippen LogP contribution in [0.3, 0.4) is 0 Å². The van der Waals surface area contributed by atoms with E-state index in [4.69, 9.17) is 15.2 Å². The highest BCUT2D eigenvalue weighted by Crippen LogP contribution is 2.14. The maximum Gasteiger partial charge on any atom is 0.340 e. The minimum Gasteiger partial charge on any atom is -0.464 e. The van der Waals surface area contributed by atoms with Crippen LogP contribution in [0.4, 0.5) is 5.69 Å². The molecule has 0 fully saturated rings. The molecule has 0 aliphatic rings. The number of nitrogen functional groups attached to an aromatic ring is 1. The summed E-state index contributed by atoms with van der Waals surface area (Å²) in [5, 5.41) is 0. The number of rotatable bonds is 7. The van der Waals surface area contributed by atoms with Gasteiger partial charge in [-0.05, 0) is 31.5 Å². The molecule has 0 aliphatic carbocycles. The summed E-state index contributed by atoms with van der Waals surface area (Å²) < 4.78 is 9.81. The minimum absolute atomic E-state index is 0.0443. The Morgan fingerprint density at radius 2 is 1.70 bits per heavy atom. The number of nitrogens with zero attached hydrogens (tertiary/aromatic N) is 1. The maximum absolute atomic E-state index is 12.1. The molecule has 0 saturated carbocycles. The predicted octanol–water partition coefficient (Wildman–Crippen LogP) is 1.11. The van der Waals surface area contributed by atoms with E-state index in [1.54, 1.807) is 38.1 Å². The van der Waals surface area contributed by atoms with Gasteiger partial charge in [-0.1, -0.05) is 12.1 Å². The van der Waals surface area contributed by atoms with E-state index in [2.05, 4.69) is 0 Å². The van der Waals surface area contributed by atoms with Crippen molar-refractivity contribution in [3.63, 3.8) is 0 Å². The summed E-state index contributed by atoms with van der Waals surface area (Å²) >= 11 is 0. The van der Waals surface area contributed by atoms with Crippen molar-refractivity contribution in [1.82, 2.24) is 4.90 Å². The highest BCUT2D eigenvalue weighted by atomic mass is 16.6. The van der Waals surface area contributed by atoms with Crippen molar-refractivity contribution < 1.29 is 23.9 Å². The fourth-order valence-corrected chi connectivity index (χ4v) is 2.07. The van der Waals surface area contributed by atoms with Crippen molar-refractivity contribution in [2.75, 3.05) is 18.9 Å². The average Bonchev–Trinajstić information content (AvgIpc) is 2.47. The molecule has 23 heavy (non-hydrogen) atoms. The molecule has 2 N–H and O–H groups in total. The van der Waals surface area contributed by atoms with Gasteiger partial charge in [0.25, 0.3) is 0 Å². The summed E-state index contributed by atoms with van der Waals surface area (Å²) in [6.45, 7) is 4.75. The van der Waals surface area contributed by atoms with Gasteiger partial charge in [0.15, 0.2) is 0 Å². The van der Waals surface area contributed by atoms with Crippen LogP contribution in [0.15, 0.2) is 24.3 Å². The number of ether oxygens (including phenoxy) is 2. The topological polar surface area (TPSA) is 98.9 Å². The Labute approximate surface area is 135 Å². The normalized spacial score (nSPS) is 10.3. The van der Waals surface area contributed by atoms with E-state index in [0.717, 1.165) is 4.90 Å². The van der Waals surface area contributed by atoms with Gasteiger partial charge in [-0.15, -0.1) is 0 Å². The highest BCUT2D eigenvalue weighted by Gasteiger charge is 2.37. The van der Waals surface area contributed by atoms with Crippen molar-refractivity contribution in [2.45, 2.75) is 33.4 Å². The minimum atomic E-state index is -1.44. The van der Waals surface area contributed by atoms with E-state index in [1.807, 2.05) is 0 Å². The molecule has 7 heteroatoms. The van der Waals surface area contributed by atoms with Gasteiger partial charge in [0.05, 0.1) is 13.2 Å².